The van der Waals surface area contributed by atoms with Crippen molar-refractivity contribution in [3.05, 3.63) is 58.5 Å². The first kappa shape index (κ1) is 17.6. The maximum Gasteiger partial charge on any atom is 0.251 e. The van der Waals surface area contributed by atoms with E-state index in [-0.39, 0.29) is 24.0 Å². The van der Waals surface area contributed by atoms with Crippen LogP contribution in [-0.4, -0.2) is 53.3 Å². The first-order chi connectivity index (χ1) is 13.6. The lowest BCUT2D eigenvalue weighted by Crippen LogP contribution is -2.65. The van der Waals surface area contributed by atoms with Gasteiger partial charge in [-0.15, -0.1) is 0 Å². The van der Waals surface area contributed by atoms with Gasteiger partial charge in [0.25, 0.3) is 5.56 Å². The van der Waals surface area contributed by atoms with Crippen LogP contribution < -0.4 is 10.9 Å². The smallest absolute Gasteiger partial charge is 0.251 e. The summed E-state index contributed by atoms with van der Waals surface area (Å²) in [5.41, 5.74) is 2.39. The van der Waals surface area contributed by atoms with Crippen molar-refractivity contribution < 1.29 is 9.90 Å². The van der Waals surface area contributed by atoms with Crippen LogP contribution in [0.15, 0.2) is 47.3 Å². The van der Waals surface area contributed by atoms with Crippen molar-refractivity contribution in [2.24, 2.45) is 11.3 Å². The summed E-state index contributed by atoms with van der Waals surface area (Å²) in [6.07, 6.45) is 1.01. The first-order valence-corrected chi connectivity index (χ1v) is 10.0. The number of piperidine rings is 1. The molecule has 0 aliphatic carbocycles. The summed E-state index contributed by atoms with van der Waals surface area (Å²) in [5, 5.41) is 12.9. The molecule has 2 N–H and O–H groups in total. The van der Waals surface area contributed by atoms with Gasteiger partial charge in [-0.3, -0.25) is 9.59 Å². The number of fused-ring (bicyclic) bond motifs is 4. The van der Waals surface area contributed by atoms with E-state index in [1.807, 2.05) is 39.8 Å². The molecule has 4 heterocycles. The highest BCUT2D eigenvalue weighted by molar-refractivity contribution is 5.84. The standard InChI is InChI=1S/C22H25N3O3/c26-14-22(12-23-13-22)21(28)24-9-15-6-18(11-24)19-7-17(8-20(27)25(19)10-15)16-4-2-1-3-5-16/h1-5,7-8,15,18,23,26H,6,9-14H2/t15-,18+/m0/s1. The number of aromatic nitrogens is 1. The predicted octanol–water partition coefficient (Wildman–Crippen LogP) is 1.04. The van der Waals surface area contributed by atoms with Gasteiger partial charge in [0.2, 0.25) is 5.91 Å². The van der Waals surface area contributed by atoms with Crippen LogP contribution in [0, 0.1) is 11.3 Å². The monoisotopic (exact) mass is 379 g/mol. The largest absolute Gasteiger partial charge is 0.395 e. The Labute approximate surface area is 163 Å². The van der Waals surface area contributed by atoms with Gasteiger partial charge >= 0.3 is 0 Å². The van der Waals surface area contributed by atoms with E-state index in [4.69, 9.17) is 0 Å². The van der Waals surface area contributed by atoms with Gasteiger partial charge in [-0.1, -0.05) is 30.3 Å². The zero-order valence-corrected chi connectivity index (χ0v) is 15.8. The van der Waals surface area contributed by atoms with Gasteiger partial charge in [0.15, 0.2) is 0 Å². The number of hydrogen-bond acceptors (Lipinski definition) is 4. The molecule has 5 rings (SSSR count). The first-order valence-electron chi connectivity index (χ1n) is 10.0. The highest BCUT2D eigenvalue weighted by atomic mass is 16.3. The molecule has 1 amide bonds. The second-order valence-electron chi connectivity index (χ2n) is 8.53. The van der Waals surface area contributed by atoms with Gasteiger partial charge in [0, 0.05) is 50.4 Å². The number of pyridine rings is 1. The summed E-state index contributed by atoms with van der Waals surface area (Å²) in [5.74, 6) is 0.509. The molecule has 0 spiro atoms. The maximum absolute atomic E-state index is 13.1. The fraction of sp³-hybridized carbons (Fsp3) is 0.455. The number of hydrogen-bond donors (Lipinski definition) is 2. The lowest BCUT2D eigenvalue weighted by atomic mass is 9.78. The van der Waals surface area contributed by atoms with E-state index >= 15 is 0 Å². The summed E-state index contributed by atoms with van der Waals surface area (Å²) in [6.45, 7) is 2.93. The van der Waals surface area contributed by atoms with Crippen LogP contribution in [0.4, 0.5) is 0 Å². The Morgan fingerprint density at radius 3 is 2.57 bits per heavy atom. The minimum absolute atomic E-state index is 0.0425. The summed E-state index contributed by atoms with van der Waals surface area (Å²) >= 11 is 0. The lowest BCUT2D eigenvalue weighted by molar-refractivity contribution is -0.151. The number of carbonyl (C=O) groups excluding carboxylic acids is 1. The van der Waals surface area contributed by atoms with Crippen molar-refractivity contribution in [2.45, 2.75) is 18.9 Å². The molecule has 1 aromatic carbocycles. The number of amides is 1. The third-order valence-corrected chi connectivity index (χ3v) is 6.63. The Morgan fingerprint density at radius 1 is 1.11 bits per heavy atom. The Hall–Kier alpha value is -2.44. The van der Waals surface area contributed by atoms with Crippen molar-refractivity contribution in [1.29, 1.82) is 0 Å². The maximum atomic E-state index is 13.1. The molecule has 0 unspecified atom stereocenters. The molecular weight excluding hydrogens is 354 g/mol. The van der Waals surface area contributed by atoms with E-state index in [9.17, 15) is 14.7 Å². The van der Waals surface area contributed by atoms with Crippen LogP contribution in [0.25, 0.3) is 11.1 Å². The predicted molar refractivity (Wildman–Crippen MR) is 106 cm³/mol. The van der Waals surface area contributed by atoms with E-state index in [1.165, 1.54) is 0 Å². The number of aliphatic hydroxyl groups is 1. The van der Waals surface area contributed by atoms with E-state index in [0.29, 0.717) is 38.6 Å². The van der Waals surface area contributed by atoms with Crippen molar-refractivity contribution in [2.75, 3.05) is 32.8 Å². The Kier molecular flexibility index (Phi) is 4.14. The van der Waals surface area contributed by atoms with Crippen molar-refractivity contribution in [3.8, 4) is 11.1 Å². The second-order valence-corrected chi connectivity index (χ2v) is 8.53. The molecule has 6 heteroatoms. The Morgan fingerprint density at radius 2 is 1.89 bits per heavy atom. The quantitative estimate of drug-likeness (QED) is 0.836. The minimum Gasteiger partial charge on any atom is -0.395 e. The van der Waals surface area contributed by atoms with E-state index in [0.717, 1.165) is 23.2 Å². The number of carbonyl (C=O) groups is 1. The van der Waals surface area contributed by atoms with Crippen LogP contribution in [0.5, 0.6) is 0 Å². The number of likely N-dealkylation sites (tertiary alicyclic amines) is 1. The average molecular weight is 379 g/mol. The van der Waals surface area contributed by atoms with Gasteiger partial charge in [0.05, 0.1) is 12.0 Å². The van der Waals surface area contributed by atoms with Gasteiger partial charge < -0.3 is 19.9 Å². The fourth-order valence-electron chi connectivity index (χ4n) is 5.02. The molecule has 0 saturated carbocycles. The molecular formula is C22H25N3O3. The Balaban J connectivity index is 1.48. The van der Waals surface area contributed by atoms with Crippen molar-refractivity contribution in [1.82, 2.24) is 14.8 Å². The lowest BCUT2D eigenvalue weighted by Gasteiger charge is -2.48. The van der Waals surface area contributed by atoms with Gasteiger partial charge in [-0.25, -0.2) is 0 Å². The molecule has 0 radical (unpaired) electrons. The molecule has 2 atom stereocenters. The highest BCUT2D eigenvalue weighted by Gasteiger charge is 2.48. The van der Waals surface area contributed by atoms with Crippen LogP contribution in [-0.2, 0) is 11.3 Å². The van der Waals surface area contributed by atoms with Crippen LogP contribution in [0.2, 0.25) is 0 Å². The number of nitrogens with one attached hydrogen (secondary N) is 1. The minimum atomic E-state index is -0.656. The molecule has 3 aliphatic heterocycles. The summed E-state index contributed by atoms with van der Waals surface area (Å²) in [6, 6.07) is 13.8. The molecule has 146 valence electrons. The van der Waals surface area contributed by atoms with Gasteiger partial charge in [0.1, 0.15) is 0 Å². The third-order valence-electron chi connectivity index (χ3n) is 6.63. The van der Waals surface area contributed by atoms with Gasteiger partial charge in [-0.2, -0.15) is 0 Å². The average Bonchev–Trinajstić information content (AvgIpc) is 2.68. The van der Waals surface area contributed by atoms with Crippen LogP contribution >= 0.6 is 0 Å². The van der Waals surface area contributed by atoms with Crippen LogP contribution in [0.3, 0.4) is 0 Å². The third kappa shape index (κ3) is 2.71. The molecule has 3 aliphatic rings. The van der Waals surface area contributed by atoms with Gasteiger partial charge in [-0.05, 0) is 29.5 Å². The van der Waals surface area contributed by atoms with Crippen molar-refractivity contribution in [3.63, 3.8) is 0 Å². The number of aliphatic hydroxyl groups excluding tert-OH is 1. The highest BCUT2D eigenvalue weighted by Crippen LogP contribution is 2.38. The fourth-order valence-corrected chi connectivity index (χ4v) is 5.02. The molecule has 2 bridgehead atoms. The SMILES string of the molecule is O=C(N1C[C@@H]2C[C@H](C1)c1cc(-c3ccccc3)cc(=O)n1C2)C1(CO)CNC1. The molecule has 28 heavy (non-hydrogen) atoms. The van der Waals surface area contributed by atoms with Crippen molar-refractivity contribution >= 4 is 5.91 Å². The van der Waals surface area contributed by atoms with E-state index in [2.05, 4.69) is 11.4 Å². The topological polar surface area (TPSA) is 74.6 Å². The number of rotatable bonds is 3. The zero-order chi connectivity index (χ0) is 19.3. The Bertz CT molecular complexity index is 959. The van der Waals surface area contributed by atoms with E-state index < -0.39 is 5.41 Å². The summed E-state index contributed by atoms with van der Waals surface area (Å²) < 4.78 is 1.90. The van der Waals surface area contributed by atoms with Crippen LogP contribution in [0.1, 0.15) is 18.0 Å². The second kappa shape index (κ2) is 6.57. The number of nitrogens with zero attached hydrogens (tertiary/aromatic N) is 2. The normalized spacial score (nSPS) is 25.0. The molecule has 2 saturated heterocycles. The zero-order valence-electron chi connectivity index (χ0n) is 15.8. The molecule has 2 fully saturated rings. The summed E-state index contributed by atoms with van der Waals surface area (Å²) in [7, 11) is 0. The molecule has 6 nitrogen and oxygen atoms in total. The molecule has 2 aromatic rings. The summed E-state index contributed by atoms with van der Waals surface area (Å²) in [4.78, 5) is 27.8. The number of benzene rings is 1. The molecule has 1 aromatic heterocycles. The van der Waals surface area contributed by atoms with E-state index in [1.54, 1.807) is 6.07 Å².